The predicted molar refractivity (Wildman–Crippen MR) is 91.2 cm³/mol. The topological polar surface area (TPSA) is 54.5 Å². The van der Waals surface area contributed by atoms with Crippen LogP contribution in [-0.4, -0.2) is 32.5 Å². The van der Waals surface area contributed by atoms with E-state index in [1.54, 1.807) is 36.2 Å². The molecule has 0 bridgehead atoms. The fraction of sp³-hybridized carbons (Fsp3) is 0.278. The van der Waals surface area contributed by atoms with Gasteiger partial charge in [-0.15, -0.1) is 0 Å². The number of amides is 1. The molecule has 0 spiro atoms. The number of sulfone groups is 1. The molecule has 0 aliphatic rings. The maximum atomic E-state index is 12.6. The number of hydrogen-bond donors (Lipinski definition) is 0. The monoisotopic (exact) mass is 331 g/mol. The summed E-state index contributed by atoms with van der Waals surface area (Å²) in [6, 6.07) is 14.0. The van der Waals surface area contributed by atoms with Crippen LogP contribution in [0.25, 0.3) is 0 Å². The Bertz CT molecular complexity index is 810. The Morgan fingerprint density at radius 2 is 1.61 bits per heavy atom. The first kappa shape index (κ1) is 17.2. The van der Waals surface area contributed by atoms with E-state index < -0.39 is 9.84 Å². The number of benzene rings is 2. The molecule has 0 saturated carbocycles. The maximum Gasteiger partial charge on any atom is 0.254 e. The van der Waals surface area contributed by atoms with Crippen LogP contribution in [-0.2, 0) is 9.84 Å². The largest absolute Gasteiger partial charge is 0.335 e. The second-order valence-electron chi connectivity index (χ2n) is 5.75. The molecule has 2 aromatic carbocycles. The van der Waals surface area contributed by atoms with E-state index in [9.17, 15) is 13.2 Å². The molecule has 0 unspecified atom stereocenters. The number of nitrogens with zero attached hydrogens (tertiary/aromatic N) is 1. The molecule has 0 saturated heterocycles. The van der Waals surface area contributed by atoms with Gasteiger partial charge in [0.05, 0.1) is 10.9 Å². The number of carbonyl (C=O) groups excluding carboxylic acids is 1. The molecule has 0 heterocycles. The Hall–Kier alpha value is -2.14. The van der Waals surface area contributed by atoms with Crippen molar-refractivity contribution >= 4 is 15.7 Å². The molecule has 4 nitrogen and oxygen atoms in total. The zero-order chi connectivity index (χ0) is 17.2. The van der Waals surface area contributed by atoms with Crippen molar-refractivity contribution in [1.82, 2.24) is 4.90 Å². The molecule has 2 rings (SSSR count). The summed E-state index contributed by atoms with van der Waals surface area (Å²) in [4.78, 5) is 14.6. The number of aryl methyl sites for hydroxylation is 1. The van der Waals surface area contributed by atoms with Crippen molar-refractivity contribution in [3.05, 3.63) is 65.2 Å². The average molecular weight is 331 g/mol. The van der Waals surface area contributed by atoms with Crippen LogP contribution < -0.4 is 0 Å². The normalized spacial score (nSPS) is 12.7. The summed E-state index contributed by atoms with van der Waals surface area (Å²) in [6.07, 6.45) is 1.18. The van der Waals surface area contributed by atoms with Gasteiger partial charge in [0.15, 0.2) is 9.84 Å². The van der Waals surface area contributed by atoms with Gasteiger partial charge in [-0.3, -0.25) is 4.79 Å². The molecule has 1 amide bonds. The minimum atomic E-state index is -3.21. The molecule has 122 valence electrons. The van der Waals surface area contributed by atoms with Crippen LogP contribution in [0.15, 0.2) is 53.4 Å². The Morgan fingerprint density at radius 1 is 1.04 bits per heavy atom. The van der Waals surface area contributed by atoms with Crippen LogP contribution in [0.3, 0.4) is 0 Å². The van der Waals surface area contributed by atoms with Crippen LogP contribution in [0.5, 0.6) is 0 Å². The van der Waals surface area contributed by atoms with Crippen molar-refractivity contribution in [3.8, 4) is 0 Å². The third-order valence-electron chi connectivity index (χ3n) is 4.07. The minimum absolute atomic E-state index is 0.0530. The van der Waals surface area contributed by atoms with E-state index in [2.05, 4.69) is 0 Å². The standard InChI is InChI=1S/C18H21NO3S/c1-13-7-5-6-8-17(13)18(20)19(3)14(2)15-9-11-16(12-10-15)23(4,21)22/h5-12,14H,1-4H3/t14-/m0/s1. The number of hydrogen-bond acceptors (Lipinski definition) is 3. The maximum absolute atomic E-state index is 12.6. The quantitative estimate of drug-likeness (QED) is 0.864. The summed E-state index contributed by atoms with van der Waals surface area (Å²) < 4.78 is 23.0. The molecule has 0 fully saturated rings. The third kappa shape index (κ3) is 3.79. The van der Waals surface area contributed by atoms with E-state index in [4.69, 9.17) is 0 Å². The lowest BCUT2D eigenvalue weighted by atomic mass is 10.0. The lowest BCUT2D eigenvalue weighted by molar-refractivity contribution is 0.0742. The van der Waals surface area contributed by atoms with Gasteiger partial charge in [-0.2, -0.15) is 0 Å². The Balaban J connectivity index is 2.24. The van der Waals surface area contributed by atoms with Crippen molar-refractivity contribution in [2.45, 2.75) is 24.8 Å². The number of rotatable bonds is 4. The highest BCUT2D eigenvalue weighted by Gasteiger charge is 2.20. The summed E-state index contributed by atoms with van der Waals surface area (Å²) in [5.41, 5.74) is 2.50. The molecular weight excluding hydrogens is 310 g/mol. The van der Waals surface area contributed by atoms with Crippen LogP contribution in [0, 0.1) is 6.92 Å². The van der Waals surface area contributed by atoms with Gasteiger partial charge in [0.1, 0.15) is 0 Å². The predicted octanol–water partition coefficient (Wildman–Crippen LogP) is 3.23. The van der Waals surface area contributed by atoms with Gasteiger partial charge in [0.25, 0.3) is 5.91 Å². The van der Waals surface area contributed by atoms with Gasteiger partial charge in [0, 0.05) is 18.9 Å². The van der Waals surface area contributed by atoms with Gasteiger partial charge >= 0.3 is 0 Å². The fourth-order valence-electron chi connectivity index (χ4n) is 2.40. The van der Waals surface area contributed by atoms with Gasteiger partial charge in [-0.25, -0.2) is 8.42 Å². The third-order valence-corrected chi connectivity index (χ3v) is 5.20. The van der Waals surface area contributed by atoms with E-state index in [1.165, 1.54) is 6.26 Å². The van der Waals surface area contributed by atoms with Crippen LogP contribution in [0.1, 0.15) is 34.5 Å². The molecule has 1 atom stereocenters. The Labute approximate surface area is 137 Å². The van der Waals surface area contributed by atoms with Crippen LogP contribution in [0.4, 0.5) is 0 Å². The molecule has 0 aliphatic carbocycles. The highest BCUT2D eigenvalue weighted by molar-refractivity contribution is 7.90. The average Bonchev–Trinajstić information content (AvgIpc) is 2.52. The molecule has 5 heteroatoms. The molecule has 23 heavy (non-hydrogen) atoms. The first-order valence-electron chi connectivity index (χ1n) is 7.34. The lowest BCUT2D eigenvalue weighted by Crippen LogP contribution is -2.30. The first-order chi connectivity index (χ1) is 10.7. The van der Waals surface area contributed by atoms with E-state index in [0.29, 0.717) is 5.56 Å². The summed E-state index contributed by atoms with van der Waals surface area (Å²) in [6.45, 7) is 3.83. The van der Waals surface area contributed by atoms with Crippen molar-refractivity contribution in [3.63, 3.8) is 0 Å². The summed E-state index contributed by atoms with van der Waals surface area (Å²) in [5, 5.41) is 0. The zero-order valence-electron chi connectivity index (χ0n) is 13.8. The second-order valence-corrected chi connectivity index (χ2v) is 7.76. The highest BCUT2D eigenvalue weighted by atomic mass is 32.2. The summed E-state index contributed by atoms with van der Waals surface area (Å²) in [7, 11) is -1.46. The van der Waals surface area contributed by atoms with E-state index in [1.807, 2.05) is 38.1 Å². The highest BCUT2D eigenvalue weighted by Crippen LogP contribution is 2.23. The van der Waals surface area contributed by atoms with E-state index in [-0.39, 0.29) is 16.8 Å². The van der Waals surface area contributed by atoms with E-state index >= 15 is 0 Å². The summed E-state index contributed by atoms with van der Waals surface area (Å²) >= 11 is 0. The summed E-state index contributed by atoms with van der Waals surface area (Å²) in [5.74, 6) is -0.0530. The fourth-order valence-corrected chi connectivity index (χ4v) is 3.03. The first-order valence-corrected chi connectivity index (χ1v) is 9.24. The van der Waals surface area contributed by atoms with Gasteiger partial charge in [-0.1, -0.05) is 30.3 Å². The minimum Gasteiger partial charge on any atom is -0.335 e. The molecule has 2 aromatic rings. The molecule has 0 aliphatic heterocycles. The van der Waals surface area contributed by atoms with Crippen molar-refractivity contribution in [2.24, 2.45) is 0 Å². The molecular formula is C18H21NO3S. The molecule has 0 radical (unpaired) electrons. The number of carbonyl (C=O) groups is 1. The lowest BCUT2D eigenvalue weighted by Gasteiger charge is -2.26. The molecule has 0 N–H and O–H groups in total. The van der Waals surface area contributed by atoms with E-state index in [0.717, 1.165) is 11.1 Å². The SMILES string of the molecule is Cc1ccccc1C(=O)N(C)[C@@H](C)c1ccc(S(C)(=O)=O)cc1. The van der Waals surface area contributed by atoms with Crippen molar-refractivity contribution in [1.29, 1.82) is 0 Å². The smallest absolute Gasteiger partial charge is 0.254 e. The van der Waals surface area contributed by atoms with Crippen molar-refractivity contribution < 1.29 is 13.2 Å². The Kier molecular flexibility index (Phi) is 4.90. The zero-order valence-corrected chi connectivity index (χ0v) is 14.6. The second kappa shape index (κ2) is 6.54. The van der Waals surface area contributed by atoms with Crippen LogP contribution >= 0.6 is 0 Å². The van der Waals surface area contributed by atoms with Gasteiger partial charge in [-0.05, 0) is 43.2 Å². The van der Waals surface area contributed by atoms with Gasteiger partial charge in [0.2, 0.25) is 0 Å². The Morgan fingerprint density at radius 3 is 2.13 bits per heavy atom. The van der Waals surface area contributed by atoms with Crippen LogP contribution in [0.2, 0.25) is 0 Å². The molecule has 0 aromatic heterocycles. The van der Waals surface area contributed by atoms with Crippen molar-refractivity contribution in [2.75, 3.05) is 13.3 Å². The van der Waals surface area contributed by atoms with Gasteiger partial charge < -0.3 is 4.90 Å².